The van der Waals surface area contributed by atoms with E-state index < -0.39 is 0 Å². The van der Waals surface area contributed by atoms with Gasteiger partial charge in [-0.05, 0) is 6.42 Å². The molecule has 0 aliphatic carbocycles. The summed E-state index contributed by atoms with van der Waals surface area (Å²) in [7, 11) is 3.27. The van der Waals surface area contributed by atoms with Gasteiger partial charge in [0.15, 0.2) is 0 Å². The highest BCUT2D eigenvalue weighted by molar-refractivity contribution is 5.93. The molecule has 0 bridgehead atoms. The first-order valence-electron chi connectivity index (χ1n) is 7.47. The number of carbonyl (C=O) groups is 1. The number of aromatic nitrogens is 2. The summed E-state index contributed by atoms with van der Waals surface area (Å²) in [5.74, 6) is 1.41. The van der Waals surface area contributed by atoms with Crippen LogP contribution in [0.5, 0.6) is 11.5 Å². The van der Waals surface area contributed by atoms with Crippen molar-refractivity contribution in [3.05, 3.63) is 36.2 Å². The fourth-order valence-electron chi connectivity index (χ4n) is 2.73. The highest BCUT2D eigenvalue weighted by atomic mass is 16.5. The lowest BCUT2D eigenvalue weighted by Crippen LogP contribution is -2.36. The van der Waals surface area contributed by atoms with Crippen molar-refractivity contribution in [1.82, 2.24) is 15.5 Å². The molecule has 1 aromatic carbocycles. The lowest BCUT2D eigenvalue weighted by Gasteiger charge is -2.20. The third kappa shape index (κ3) is 3.39. The van der Waals surface area contributed by atoms with E-state index in [1.54, 1.807) is 20.4 Å². The molecule has 23 heavy (non-hydrogen) atoms. The van der Waals surface area contributed by atoms with E-state index in [9.17, 15) is 4.79 Å². The van der Waals surface area contributed by atoms with E-state index >= 15 is 0 Å². The minimum Gasteiger partial charge on any atom is -0.497 e. The lowest BCUT2D eigenvalue weighted by atomic mass is 10.2. The van der Waals surface area contributed by atoms with Gasteiger partial charge < -0.3 is 19.7 Å². The van der Waals surface area contributed by atoms with Crippen LogP contribution in [0.2, 0.25) is 0 Å². The fraction of sp³-hybridized carbons (Fsp3) is 0.375. The number of nitrogens with one attached hydrogen (secondary N) is 2. The van der Waals surface area contributed by atoms with Gasteiger partial charge in [0, 0.05) is 49.2 Å². The van der Waals surface area contributed by atoms with Crippen molar-refractivity contribution in [2.45, 2.75) is 12.5 Å². The van der Waals surface area contributed by atoms with Crippen LogP contribution < -0.4 is 19.7 Å². The van der Waals surface area contributed by atoms with Gasteiger partial charge in [0.2, 0.25) is 0 Å². The van der Waals surface area contributed by atoms with Crippen LogP contribution >= 0.6 is 0 Å². The molecule has 1 aromatic heterocycles. The summed E-state index contributed by atoms with van der Waals surface area (Å²) in [6, 6.07) is 5.90. The summed E-state index contributed by atoms with van der Waals surface area (Å²) in [5, 5.41) is 9.48. The third-order valence-corrected chi connectivity index (χ3v) is 3.99. The number of methoxy groups -OCH3 is 2. The van der Waals surface area contributed by atoms with Gasteiger partial charge in [-0.1, -0.05) is 0 Å². The molecule has 1 saturated heterocycles. The number of H-pyrrole nitrogens is 1. The average Bonchev–Trinajstić information content (AvgIpc) is 3.26. The quantitative estimate of drug-likeness (QED) is 0.872. The largest absolute Gasteiger partial charge is 0.497 e. The molecule has 2 aromatic rings. The Kier molecular flexibility index (Phi) is 4.36. The maximum Gasteiger partial charge on any atom is 0.254 e. The number of nitrogens with zero attached hydrogens (tertiary/aromatic N) is 2. The van der Waals surface area contributed by atoms with Gasteiger partial charge in [-0.15, -0.1) is 0 Å². The summed E-state index contributed by atoms with van der Waals surface area (Å²) in [5.41, 5.74) is 1.58. The van der Waals surface area contributed by atoms with Crippen LogP contribution in [0.15, 0.2) is 30.6 Å². The van der Waals surface area contributed by atoms with Crippen molar-refractivity contribution in [3.63, 3.8) is 0 Å². The predicted octanol–water partition coefficient (Wildman–Crippen LogP) is 1.44. The summed E-state index contributed by atoms with van der Waals surface area (Å²) in [6.07, 6.45) is 4.01. The van der Waals surface area contributed by atoms with E-state index in [-0.39, 0.29) is 11.9 Å². The first kappa shape index (κ1) is 15.2. The predicted molar refractivity (Wildman–Crippen MR) is 86.2 cm³/mol. The smallest absolute Gasteiger partial charge is 0.254 e. The monoisotopic (exact) mass is 316 g/mol. The van der Waals surface area contributed by atoms with E-state index in [0.29, 0.717) is 5.56 Å². The van der Waals surface area contributed by atoms with Crippen molar-refractivity contribution in [2.24, 2.45) is 0 Å². The van der Waals surface area contributed by atoms with Gasteiger partial charge in [-0.3, -0.25) is 9.89 Å². The Hall–Kier alpha value is -2.70. The minimum absolute atomic E-state index is 0.103. The van der Waals surface area contributed by atoms with E-state index in [1.807, 2.05) is 18.2 Å². The van der Waals surface area contributed by atoms with E-state index in [4.69, 9.17) is 9.47 Å². The SMILES string of the molecule is COc1cc(OC)cc(N2CC[C@H](NC(=O)c3cn[nH]c3)C2)c1. The number of benzene rings is 1. The zero-order valence-corrected chi connectivity index (χ0v) is 13.2. The number of aromatic amines is 1. The fourth-order valence-corrected chi connectivity index (χ4v) is 2.73. The Morgan fingerprint density at radius 2 is 2.04 bits per heavy atom. The Morgan fingerprint density at radius 1 is 1.30 bits per heavy atom. The third-order valence-electron chi connectivity index (χ3n) is 3.99. The number of anilines is 1. The Bertz CT molecular complexity index is 650. The summed E-state index contributed by atoms with van der Waals surface area (Å²) < 4.78 is 10.6. The molecule has 1 aliphatic rings. The zero-order chi connectivity index (χ0) is 16.2. The second-order valence-corrected chi connectivity index (χ2v) is 5.46. The van der Waals surface area contributed by atoms with E-state index in [1.165, 1.54) is 6.20 Å². The number of hydrogen-bond donors (Lipinski definition) is 2. The first-order valence-corrected chi connectivity index (χ1v) is 7.47. The standard InChI is InChI=1S/C16H20N4O3/c1-22-14-5-13(6-15(7-14)23-2)20-4-3-12(10-20)19-16(21)11-8-17-18-9-11/h5-9,12H,3-4,10H2,1-2H3,(H,17,18)(H,19,21)/t12-/m0/s1. The van der Waals surface area contributed by atoms with Gasteiger partial charge in [0.1, 0.15) is 11.5 Å². The number of carbonyl (C=O) groups excluding carboxylic acids is 1. The van der Waals surface area contributed by atoms with Crippen molar-refractivity contribution in [1.29, 1.82) is 0 Å². The topological polar surface area (TPSA) is 79.5 Å². The molecular formula is C16H20N4O3. The molecule has 7 nitrogen and oxygen atoms in total. The molecule has 0 radical (unpaired) electrons. The molecule has 7 heteroatoms. The van der Waals surface area contributed by atoms with E-state index in [0.717, 1.165) is 36.7 Å². The highest BCUT2D eigenvalue weighted by Crippen LogP contribution is 2.30. The van der Waals surface area contributed by atoms with Gasteiger partial charge in [0.05, 0.1) is 26.0 Å². The molecule has 2 heterocycles. The molecule has 1 fully saturated rings. The molecule has 0 spiro atoms. The maximum absolute atomic E-state index is 12.1. The highest BCUT2D eigenvalue weighted by Gasteiger charge is 2.25. The van der Waals surface area contributed by atoms with Gasteiger partial charge >= 0.3 is 0 Å². The van der Waals surface area contributed by atoms with Crippen LogP contribution in [0, 0.1) is 0 Å². The molecule has 3 rings (SSSR count). The van der Waals surface area contributed by atoms with Crippen LogP contribution in [0.4, 0.5) is 5.69 Å². The van der Waals surface area contributed by atoms with Crippen LogP contribution in [-0.2, 0) is 0 Å². The number of ether oxygens (including phenoxy) is 2. The molecule has 122 valence electrons. The molecule has 1 atom stereocenters. The Labute approximate surface area is 134 Å². The maximum atomic E-state index is 12.1. The lowest BCUT2D eigenvalue weighted by molar-refractivity contribution is 0.0940. The van der Waals surface area contributed by atoms with E-state index in [2.05, 4.69) is 20.4 Å². The Balaban J connectivity index is 1.66. The molecule has 0 unspecified atom stereocenters. The van der Waals surface area contributed by atoms with Gasteiger partial charge in [-0.2, -0.15) is 5.10 Å². The number of rotatable bonds is 5. The van der Waals surface area contributed by atoms with Crippen molar-refractivity contribution < 1.29 is 14.3 Å². The summed E-state index contributed by atoms with van der Waals surface area (Å²) in [4.78, 5) is 14.3. The van der Waals surface area contributed by atoms with Crippen molar-refractivity contribution in [2.75, 3.05) is 32.2 Å². The molecule has 2 N–H and O–H groups in total. The summed E-state index contributed by atoms with van der Waals surface area (Å²) in [6.45, 7) is 1.62. The number of amides is 1. The van der Waals surface area contributed by atoms with Crippen molar-refractivity contribution >= 4 is 11.6 Å². The second-order valence-electron chi connectivity index (χ2n) is 5.46. The normalized spacial score (nSPS) is 17.1. The van der Waals surface area contributed by atoms with Gasteiger partial charge in [-0.25, -0.2) is 0 Å². The van der Waals surface area contributed by atoms with Crippen molar-refractivity contribution in [3.8, 4) is 11.5 Å². The average molecular weight is 316 g/mol. The number of hydrogen-bond acceptors (Lipinski definition) is 5. The molecule has 1 aliphatic heterocycles. The van der Waals surface area contributed by atoms with Crippen LogP contribution in [0.25, 0.3) is 0 Å². The van der Waals surface area contributed by atoms with Gasteiger partial charge in [0.25, 0.3) is 5.91 Å². The van der Waals surface area contributed by atoms with Crippen LogP contribution in [-0.4, -0.2) is 49.5 Å². The second kappa shape index (κ2) is 6.60. The molecule has 1 amide bonds. The first-order chi connectivity index (χ1) is 11.2. The summed E-state index contributed by atoms with van der Waals surface area (Å²) >= 11 is 0. The Morgan fingerprint density at radius 3 is 2.65 bits per heavy atom. The van der Waals surface area contributed by atoms with Crippen LogP contribution in [0.3, 0.4) is 0 Å². The zero-order valence-electron chi connectivity index (χ0n) is 13.2. The molecular weight excluding hydrogens is 296 g/mol. The van der Waals surface area contributed by atoms with Crippen LogP contribution in [0.1, 0.15) is 16.8 Å². The molecule has 0 saturated carbocycles. The minimum atomic E-state index is -0.103.